The molecular formula is C15H21N5O2S. The van der Waals surface area contributed by atoms with Gasteiger partial charge in [0.25, 0.3) is 0 Å². The lowest BCUT2D eigenvalue weighted by Crippen LogP contribution is -2.36. The predicted molar refractivity (Wildman–Crippen MR) is 88.1 cm³/mol. The monoisotopic (exact) mass is 335 g/mol. The fourth-order valence-corrected chi connectivity index (χ4v) is 3.88. The van der Waals surface area contributed by atoms with Crippen molar-refractivity contribution in [1.29, 1.82) is 0 Å². The molecule has 1 fully saturated rings. The van der Waals surface area contributed by atoms with Crippen molar-refractivity contribution in [2.24, 2.45) is 0 Å². The average molecular weight is 335 g/mol. The van der Waals surface area contributed by atoms with Gasteiger partial charge in [0.1, 0.15) is 0 Å². The molecule has 0 saturated carbocycles. The summed E-state index contributed by atoms with van der Waals surface area (Å²) in [5.41, 5.74) is 0.873. The van der Waals surface area contributed by atoms with Crippen LogP contribution in [0.15, 0.2) is 36.7 Å². The highest BCUT2D eigenvalue weighted by atomic mass is 32.2. The molecule has 1 N–H and O–H groups in total. The standard InChI is InChI=1S/C15H21N5O2S/c21-23(22,20-10-5-1-2-6-11-20)18-15-8-12-19(17-15)13-14-7-3-4-9-16-14/h3-4,7-9,12H,1-2,5-6,10-11,13H2,(H,17,18). The van der Waals surface area contributed by atoms with Crippen LogP contribution in [0, 0.1) is 0 Å². The number of nitrogens with zero attached hydrogens (tertiary/aromatic N) is 4. The van der Waals surface area contributed by atoms with Crippen molar-refractivity contribution in [1.82, 2.24) is 19.1 Å². The third kappa shape index (κ3) is 4.29. The maximum Gasteiger partial charge on any atom is 0.302 e. The number of hydrogen-bond acceptors (Lipinski definition) is 4. The van der Waals surface area contributed by atoms with Gasteiger partial charge in [-0.2, -0.15) is 17.8 Å². The molecule has 0 amide bonds. The van der Waals surface area contributed by atoms with E-state index in [1.807, 2.05) is 18.2 Å². The minimum absolute atomic E-state index is 0.338. The highest BCUT2D eigenvalue weighted by molar-refractivity contribution is 7.90. The zero-order valence-electron chi connectivity index (χ0n) is 12.9. The summed E-state index contributed by atoms with van der Waals surface area (Å²) in [6.45, 7) is 1.65. The van der Waals surface area contributed by atoms with Crippen molar-refractivity contribution in [2.45, 2.75) is 32.2 Å². The van der Waals surface area contributed by atoms with Gasteiger partial charge in [-0.1, -0.05) is 18.9 Å². The van der Waals surface area contributed by atoms with Crippen LogP contribution >= 0.6 is 0 Å². The third-order valence-corrected chi connectivity index (χ3v) is 5.34. The molecule has 0 radical (unpaired) electrons. The van der Waals surface area contributed by atoms with Crippen molar-refractivity contribution in [3.05, 3.63) is 42.4 Å². The predicted octanol–water partition coefficient (Wildman–Crippen LogP) is 1.86. The maximum atomic E-state index is 12.4. The number of anilines is 1. The molecule has 0 bridgehead atoms. The van der Waals surface area contributed by atoms with E-state index in [-0.39, 0.29) is 0 Å². The Labute approximate surface area is 136 Å². The smallest absolute Gasteiger partial charge is 0.265 e. The molecule has 8 heteroatoms. The van der Waals surface area contributed by atoms with E-state index < -0.39 is 10.2 Å². The van der Waals surface area contributed by atoms with Gasteiger partial charge in [0.15, 0.2) is 5.82 Å². The average Bonchev–Trinajstić information content (AvgIpc) is 2.79. The first-order valence-electron chi connectivity index (χ1n) is 7.85. The van der Waals surface area contributed by atoms with Crippen LogP contribution < -0.4 is 4.72 Å². The van der Waals surface area contributed by atoms with E-state index in [9.17, 15) is 8.42 Å². The molecule has 0 aromatic carbocycles. The van der Waals surface area contributed by atoms with Gasteiger partial charge in [0.05, 0.1) is 12.2 Å². The molecule has 1 aliphatic rings. The molecule has 0 atom stereocenters. The number of nitrogens with one attached hydrogen (secondary N) is 1. The molecule has 1 aliphatic heterocycles. The second kappa shape index (κ2) is 7.10. The topological polar surface area (TPSA) is 80.1 Å². The molecule has 7 nitrogen and oxygen atoms in total. The van der Waals surface area contributed by atoms with Crippen molar-refractivity contribution < 1.29 is 8.42 Å². The van der Waals surface area contributed by atoms with Gasteiger partial charge in [-0.25, -0.2) is 0 Å². The summed E-state index contributed by atoms with van der Waals surface area (Å²) in [6.07, 6.45) is 7.47. The van der Waals surface area contributed by atoms with Crippen LogP contribution in [0.2, 0.25) is 0 Å². The highest BCUT2D eigenvalue weighted by Crippen LogP contribution is 2.15. The summed E-state index contributed by atoms with van der Waals surface area (Å²) < 4.78 is 30.6. The Kier molecular flexibility index (Phi) is 4.92. The SMILES string of the molecule is O=S(=O)(Nc1ccn(Cc2ccccn2)n1)N1CCCCCC1. The second-order valence-electron chi connectivity index (χ2n) is 5.64. The highest BCUT2D eigenvalue weighted by Gasteiger charge is 2.23. The Morgan fingerprint density at radius 1 is 1.09 bits per heavy atom. The molecule has 0 spiro atoms. The molecular weight excluding hydrogens is 314 g/mol. The largest absolute Gasteiger partial charge is 0.302 e. The van der Waals surface area contributed by atoms with E-state index in [0.29, 0.717) is 25.5 Å². The van der Waals surface area contributed by atoms with Crippen molar-refractivity contribution >= 4 is 16.0 Å². The van der Waals surface area contributed by atoms with Crippen molar-refractivity contribution in [2.75, 3.05) is 17.8 Å². The van der Waals surface area contributed by atoms with E-state index in [0.717, 1.165) is 31.4 Å². The minimum atomic E-state index is -3.53. The van der Waals surface area contributed by atoms with E-state index in [4.69, 9.17) is 0 Å². The Hall–Kier alpha value is -1.93. The van der Waals surface area contributed by atoms with Gasteiger partial charge >= 0.3 is 10.2 Å². The van der Waals surface area contributed by atoms with Gasteiger partial charge in [0, 0.05) is 31.5 Å². The Bertz CT molecular complexity index is 721. The molecule has 2 aromatic heterocycles. The summed E-state index contributed by atoms with van der Waals surface area (Å²) in [7, 11) is -3.53. The van der Waals surface area contributed by atoms with E-state index in [1.54, 1.807) is 23.1 Å². The van der Waals surface area contributed by atoms with Crippen molar-refractivity contribution in [3.63, 3.8) is 0 Å². The van der Waals surface area contributed by atoms with E-state index >= 15 is 0 Å². The van der Waals surface area contributed by atoms with Gasteiger partial charge in [0.2, 0.25) is 0 Å². The van der Waals surface area contributed by atoms with E-state index in [1.165, 1.54) is 4.31 Å². The lowest BCUT2D eigenvalue weighted by Gasteiger charge is -2.19. The van der Waals surface area contributed by atoms with Crippen LogP contribution in [0.3, 0.4) is 0 Å². The molecule has 0 unspecified atom stereocenters. The van der Waals surface area contributed by atoms with Gasteiger partial charge in [-0.05, 0) is 25.0 Å². The number of hydrogen-bond donors (Lipinski definition) is 1. The molecule has 3 heterocycles. The van der Waals surface area contributed by atoms with Crippen LogP contribution in [0.5, 0.6) is 0 Å². The quantitative estimate of drug-likeness (QED) is 0.904. The number of pyridine rings is 1. The van der Waals surface area contributed by atoms with Crippen LogP contribution in [-0.4, -0.2) is 40.6 Å². The Balaban J connectivity index is 1.66. The molecule has 2 aromatic rings. The summed E-state index contributed by atoms with van der Waals surface area (Å²) in [6, 6.07) is 7.34. The summed E-state index contributed by atoms with van der Waals surface area (Å²) in [4.78, 5) is 4.23. The van der Waals surface area contributed by atoms with Crippen LogP contribution in [0.1, 0.15) is 31.4 Å². The minimum Gasteiger partial charge on any atom is -0.265 e. The van der Waals surface area contributed by atoms with Crippen molar-refractivity contribution in [3.8, 4) is 0 Å². The molecule has 0 aliphatic carbocycles. The molecule has 1 saturated heterocycles. The lowest BCUT2D eigenvalue weighted by molar-refractivity contribution is 0.427. The number of rotatable bonds is 5. The first-order chi connectivity index (χ1) is 11.1. The van der Waals surface area contributed by atoms with Crippen LogP contribution in [0.4, 0.5) is 5.82 Å². The van der Waals surface area contributed by atoms with Gasteiger partial charge in [-0.3, -0.25) is 14.4 Å². The van der Waals surface area contributed by atoms with Gasteiger partial charge < -0.3 is 0 Å². The summed E-state index contributed by atoms with van der Waals surface area (Å²) in [5.74, 6) is 0.338. The molecule has 124 valence electrons. The fraction of sp³-hybridized carbons (Fsp3) is 0.467. The first kappa shape index (κ1) is 15.9. The van der Waals surface area contributed by atoms with E-state index in [2.05, 4.69) is 14.8 Å². The Morgan fingerprint density at radius 2 is 1.87 bits per heavy atom. The molecule has 3 rings (SSSR count). The summed E-state index contributed by atoms with van der Waals surface area (Å²) >= 11 is 0. The normalized spacial score (nSPS) is 16.9. The second-order valence-corrected chi connectivity index (χ2v) is 7.31. The van der Waals surface area contributed by atoms with Crippen LogP contribution in [0.25, 0.3) is 0 Å². The zero-order valence-corrected chi connectivity index (χ0v) is 13.7. The first-order valence-corrected chi connectivity index (χ1v) is 9.29. The Morgan fingerprint density at radius 3 is 2.57 bits per heavy atom. The van der Waals surface area contributed by atoms with Gasteiger partial charge in [-0.15, -0.1) is 0 Å². The lowest BCUT2D eigenvalue weighted by atomic mass is 10.2. The maximum absolute atomic E-state index is 12.4. The van der Waals surface area contributed by atoms with Crippen LogP contribution in [-0.2, 0) is 16.8 Å². The summed E-state index contributed by atoms with van der Waals surface area (Å²) in [5, 5.41) is 4.27. The number of aromatic nitrogens is 3. The third-order valence-electron chi connectivity index (χ3n) is 3.83. The zero-order chi connectivity index (χ0) is 16.1. The fourth-order valence-electron chi connectivity index (χ4n) is 2.64. The molecule has 23 heavy (non-hydrogen) atoms.